The SMILES string of the molecule is COc1ccc(CN2CC3(COc4cc5onc(C)c5cc43)c3ccccc32)cc1. The van der Waals surface area contributed by atoms with E-state index in [-0.39, 0.29) is 5.41 Å². The predicted molar refractivity (Wildman–Crippen MR) is 116 cm³/mol. The van der Waals surface area contributed by atoms with Crippen LogP contribution in [0, 0.1) is 6.92 Å². The fourth-order valence-electron chi connectivity index (χ4n) is 4.95. The van der Waals surface area contributed by atoms with Crippen LogP contribution < -0.4 is 14.4 Å². The normalized spacial score (nSPS) is 19.2. The van der Waals surface area contributed by atoms with Crippen LogP contribution in [0.4, 0.5) is 5.69 Å². The molecule has 6 rings (SSSR count). The monoisotopic (exact) mass is 398 g/mol. The van der Waals surface area contributed by atoms with Gasteiger partial charge in [-0.15, -0.1) is 0 Å². The summed E-state index contributed by atoms with van der Waals surface area (Å²) < 4.78 is 17.0. The van der Waals surface area contributed by atoms with Crippen molar-refractivity contribution in [2.45, 2.75) is 18.9 Å². The lowest BCUT2D eigenvalue weighted by atomic mass is 9.77. The first-order valence-corrected chi connectivity index (χ1v) is 10.2. The van der Waals surface area contributed by atoms with Crippen LogP contribution in [0.5, 0.6) is 11.5 Å². The van der Waals surface area contributed by atoms with Gasteiger partial charge in [0.15, 0.2) is 5.58 Å². The molecule has 0 bridgehead atoms. The molecular formula is C25H22N2O3. The zero-order valence-electron chi connectivity index (χ0n) is 17.0. The van der Waals surface area contributed by atoms with Gasteiger partial charge in [-0.25, -0.2) is 0 Å². The molecule has 150 valence electrons. The molecular weight excluding hydrogens is 376 g/mol. The molecule has 3 heterocycles. The van der Waals surface area contributed by atoms with Gasteiger partial charge >= 0.3 is 0 Å². The topological polar surface area (TPSA) is 47.7 Å². The van der Waals surface area contributed by atoms with Gasteiger partial charge in [0.1, 0.15) is 18.1 Å². The van der Waals surface area contributed by atoms with Gasteiger partial charge in [0, 0.05) is 35.8 Å². The smallest absolute Gasteiger partial charge is 0.170 e. The number of rotatable bonds is 3. The summed E-state index contributed by atoms with van der Waals surface area (Å²) in [6.07, 6.45) is 0. The minimum Gasteiger partial charge on any atom is -0.497 e. The number of hydrogen-bond donors (Lipinski definition) is 0. The number of anilines is 1. The highest BCUT2D eigenvalue weighted by Crippen LogP contribution is 2.52. The molecule has 30 heavy (non-hydrogen) atoms. The Bertz CT molecular complexity index is 1260. The highest BCUT2D eigenvalue weighted by atomic mass is 16.5. The van der Waals surface area contributed by atoms with Crippen molar-refractivity contribution < 1.29 is 14.0 Å². The molecule has 0 fully saturated rings. The molecule has 0 N–H and O–H groups in total. The lowest BCUT2D eigenvalue weighted by Gasteiger charge is -2.25. The summed E-state index contributed by atoms with van der Waals surface area (Å²) in [5.74, 6) is 1.78. The zero-order chi connectivity index (χ0) is 20.3. The number of fused-ring (bicyclic) bond motifs is 5. The van der Waals surface area contributed by atoms with E-state index in [1.807, 2.05) is 25.1 Å². The first-order chi connectivity index (χ1) is 14.7. The second kappa shape index (κ2) is 6.26. The van der Waals surface area contributed by atoms with Crippen molar-refractivity contribution in [3.8, 4) is 11.5 Å². The van der Waals surface area contributed by atoms with Gasteiger partial charge in [-0.3, -0.25) is 0 Å². The Hall–Kier alpha value is -3.47. The number of nitrogens with zero attached hydrogens (tertiary/aromatic N) is 2. The van der Waals surface area contributed by atoms with Crippen LogP contribution in [0.2, 0.25) is 0 Å². The van der Waals surface area contributed by atoms with Crippen molar-refractivity contribution in [3.63, 3.8) is 0 Å². The Balaban J connectivity index is 1.44. The van der Waals surface area contributed by atoms with E-state index in [1.165, 1.54) is 22.4 Å². The molecule has 5 nitrogen and oxygen atoms in total. The average Bonchev–Trinajstić information content (AvgIpc) is 3.43. The largest absolute Gasteiger partial charge is 0.497 e. The van der Waals surface area contributed by atoms with Gasteiger partial charge in [0.25, 0.3) is 0 Å². The third-order valence-corrected chi connectivity index (χ3v) is 6.50. The summed E-state index contributed by atoms with van der Waals surface area (Å²) in [7, 11) is 1.70. The maximum Gasteiger partial charge on any atom is 0.170 e. The van der Waals surface area contributed by atoms with Crippen molar-refractivity contribution in [3.05, 3.63) is 83.0 Å². The maximum atomic E-state index is 6.21. The Morgan fingerprint density at radius 1 is 1.07 bits per heavy atom. The Kier molecular flexibility index (Phi) is 3.63. The Labute approximate surface area is 174 Å². The lowest BCUT2D eigenvalue weighted by Crippen LogP contribution is -2.35. The lowest BCUT2D eigenvalue weighted by molar-refractivity contribution is 0.298. The highest BCUT2D eigenvalue weighted by molar-refractivity contribution is 5.84. The van der Waals surface area contributed by atoms with Crippen LogP contribution in [0.15, 0.2) is 65.2 Å². The molecule has 1 atom stereocenters. The number of para-hydroxylation sites is 1. The van der Waals surface area contributed by atoms with E-state index in [0.717, 1.165) is 41.3 Å². The van der Waals surface area contributed by atoms with Crippen molar-refractivity contribution in [2.24, 2.45) is 0 Å². The zero-order valence-corrected chi connectivity index (χ0v) is 17.0. The van der Waals surface area contributed by atoms with Gasteiger partial charge in [0.2, 0.25) is 0 Å². The number of aryl methyl sites for hydroxylation is 1. The standard InChI is InChI=1S/C25H22N2O3/c1-16-19-11-21-24(12-23(19)30-26-16)29-15-25(21)14-27(22-6-4-3-5-20(22)25)13-17-7-9-18(28-2)10-8-17/h3-12H,13-15H2,1-2H3. The number of ether oxygens (including phenoxy) is 2. The van der Waals surface area contributed by atoms with Crippen molar-refractivity contribution in [2.75, 3.05) is 25.2 Å². The second-order valence-corrected chi connectivity index (χ2v) is 8.20. The fraction of sp³-hybridized carbons (Fsp3) is 0.240. The molecule has 2 aliphatic heterocycles. The Morgan fingerprint density at radius 3 is 2.73 bits per heavy atom. The Morgan fingerprint density at radius 2 is 1.90 bits per heavy atom. The van der Waals surface area contributed by atoms with E-state index < -0.39 is 0 Å². The van der Waals surface area contributed by atoms with Crippen LogP contribution in [0.3, 0.4) is 0 Å². The fourth-order valence-corrected chi connectivity index (χ4v) is 4.95. The van der Waals surface area contributed by atoms with Gasteiger partial charge in [-0.1, -0.05) is 35.5 Å². The van der Waals surface area contributed by atoms with Crippen LogP contribution in [-0.4, -0.2) is 25.4 Å². The molecule has 0 radical (unpaired) electrons. The van der Waals surface area contributed by atoms with Crippen molar-refractivity contribution >= 4 is 16.7 Å². The minimum absolute atomic E-state index is 0.184. The summed E-state index contributed by atoms with van der Waals surface area (Å²) in [6.45, 7) is 4.34. The molecule has 1 spiro atoms. The van der Waals surface area contributed by atoms with Gasteiger partial charge in [0.05, 0.1) is 18.2 Å². The summed E-state index contributed by atoms with van der Waals surface area (Å²) in [4.78, 5) is 2.46. The number of aromatic nitrogens is 1. The summed E-state index contributed by atoms with van der Waals surface area (Å²) in [5.41, 5.74) is 6.59. The van der Waals surface area contributed by atoms with Gasteiger partial charge in [-0.2, -0.15) is 0 Å². The van der Waals surface area contributed by atoms with E-state index in [2.05, 4.69) is 52.5 Å². The van der Waals surface area contributed by atoms with E-state index in [9.17, 15) is 0 Å². The van der Waals surface area contributed by atoms with Crippen LogP contribution in [0.1, 0.15) is 22.4 Å². The van der Waals surface area contributed by atoms with E-state index in [1.54, 1.807) is 7.11 Å². The third-order valence-electron chi connectivity index (χ3n) is 6.50. The molecule has 0 amide bonds. The molecule has 4 aromatic rings. The second-order valence-electron chi connectivity index (χ2n) is 8.20. The van der Waals surface area contributed by atoms with Crippen molar-refractivity contribution in [1.29, 1.82) is 0 Å². The quantitative estimate of drug-likeness (QED) is 0.494. The van der Waals surface area contributed by atoms with Crippen LogP contribution in [-0.2, 0) is 12.0 Å². The van der Waals surface area contributed by atoms with E-state index in [4.69, 9.17) is 14.0 Å². The molecule has 0 saturated heterocycles. The van der Waals surface area contributed by atoms with Crippen molar-refractivity contribution in [1.82, 2.24) is 5.16 Å². The molecule has 3 aromatic carbocycles. The van der Waals surface area contributed by atoms with Crippen LogP contribution >= 0.6 is 0 Å². The first kappa shape index (κ1) is 17.4. The average molecular weight is 398 g/mol. The van der Waals surface area contributed by atoms with E-state index in [0.29, 0.717) is 6.61 Å². The molecule has 0 aliphatic carbocycles. The summed E-state index contributed by atoms with van der Waals surface area (Å²) in [6, 6.07) is 21.2. The predicted octanol–water partition coefficient (Wildman–Crippen LogP) is 4.84. The minimum atomic E-state index is -0.184. The highest BCUT2D eigenvalue weighted by Gasteiger charge is 2.49. The number of methoxy groups -OCH3 is 1. The molecule has 1 aromatic heterocycles. The first-order valence-electron chi connectivity index (χ1n) is 10.2. The van der Waals surface area contributed by atoms with Gasteiger partial charge < -0.3 is 18.9 Å². The summed E-state index contributed by atoms with van der Waals surface area (Å²) >= 11 is 0. The molecule has 5 heteroatoms. The van der Waals surface area contributed by atoms with Gasteiger partial charge in [-0.05, 0) is 42.3 Å². The maximum absolute atomic E-state index is 6.21. The molecule has 2 aliphatic rings. The van der Waals surface area contributed by atoms with Crippen LogP contribution in [0.25, 0.3) is 11.0 Å². The third kappa shape index (κ3) is 2.38. The summed E-state index contributed by atoms with van der Waals surface area (Å²) in [5, 5.41) is 5.19. The molecule has 1 unspecified atom stereocenters. The number of benzene rings is 3. The molecule has 0 saturated carbocycles. The number of hydrogen-bond acceptors (Lipinski definition) is 5. The van der Waals surface area contributed by atoms with E-state index >= 15 is 0 Å².